The zero-order chi connectivity index (χ0) is 14.3. The Bertz CT molecular complexity index is 428. The lowest BCUT2D eigenvalue weighted by atomic mass is 9.97. The highest BCUT2D eigenvalue weighted by Gasteiger charge is 2.31. The summed E-state index contributed by atoms with van der Waals surface area (Å²) in [5, 5.41) is 2.99. The molecule has 0 aliphatic carbocycles. The maximum absolute atomic E-state index is 13.0. The van der Waals surface area contributed by atoms with E-state index in [-0.39, 0.29) is 11.8 Å². The van der Waals surface area contributed by atoms with Gasteiger partial charge in [-0.15, -0.1) is 11.8 Å². The molecule has 0 radical (unpaired) electrons. The molecule has 0 heterocycles. The summed E-state index contributed by atoms with van der Waals surface area (Å²) in [4.78, 5) is 12.5. The molecular formula is C14H20FNO2S. The molecular weight excluding hydrogens is 265 g/mol. The number of hydrogen-bond acceptors (Lipinski definition) is 4. The number of rotatable bonds is 7. The second kappa shape index (κ2) is 7.50. The van der Waals surface area contributed by atoms with E-state index in [1.807, 2.05) is 13.0 Å². The van der Waals surface area contributed by atoms with Crippen LogP contribution >= 0.6 is 11.8 Å². The Labute approximate surface area is 117 Å². The fourth-order valence-corrected chi connectivity index (χ4v) is 2.62. The van der Waals surface area contributed by atoms with E-state index in [0.29, 0.717) is 6.42 Å². The molecule has 0 spiro atoms. The van der Waals surface area contributed by atoms with Gasteiger partial charge >= 0.3 is 5.97 Å². The molecule has 0 aromatic heterocycles. The molecule has 0 saturated carbocycles. The molecule has 19 heavy (non-hydrogen) atoms. The van der Waals surface area contributed by atoms with Gasteiger partial charge in [0.25, 0.3) is 0 Å². The molecule has 1 rings (SSSR count). The fraction of sp³-hybridized carbons (Fsp3) is 0.500. The Balaban J connectivity index is 2.39. The number of esters is 1. The third-order valence-corrected chi connectivity index (χ3v) is 4.15. The van der Waals surface area contributed by atoms with E-state index >= 15 is 0 Å². The standard InChI is InChI=1S/C14H20FNO2S/c1-14(16-2,13(17)18-3)8-5-9-19-12-7-4-6-11(15)10-12/h4,6-7,10,16H,5,8-9H2,1-3H3. The molecule has 1 unspecified atom stereocenters. The Morgan fingerprint density at radius 2 is 2.26 bits per heavy atom. The van der Waals surface area contributed by atoms with Gasteiger partial charge in [-0.2, -0.15) is 0 Å². The molecule has 0 aliphatic rings. The van der Waals surface area contributed by atoms with E-state index in [1.54, 1.807) is 24.9 Å². The summed E-state index contributed by atoms with van der Waals surface area (Å²) in [5.41, 5.74) is -0.656. The van der Waals surface area contributed by atoms with Crippen molar-refractivity contribution >= 4 is 17.7 Å². The van der Waals surface area contributed by atoms with E-state index < -0.39 is 5.54 Å². The van der Waals surface area contributed by atoms with Gasteiger partial charge in [-0.1, -0.05) is 6.07 Å². The maximum atomic E-state index is 13.0. The highest BCUT2D eigenvalue weighted by Crippen LogP contribution is 2.22. The molecule has 1 atom stereocenters. The molecule has 0 fully saturated rings. The van der Waals surface area contributed by atoms with E-state index in [4.69, 9.17) is 4.74 Å². The number of thioether (sulfide) groups is 1. The first-order valence-corrected chi connectivity index (χ1v) is 7.16. The lowest BCUT2D eigenvalue weighted by Crippen LogP contribution is -2.48. The minimum absolute atomic E-state index is 0.223. The largest absolute Gasteiger partial charge is 0.468 e. The number of ether oxygens (including phenoxy) is 1. The number of carbonyl (C=O) groups is 1. The van der Waals surface area contributed by atoms with Crippen molar-refractivity contribution in [3.8, 4) is 0 Å². The van der Waals surface area contributed by atoms with Crippen LogP contribution in [0.1, 0.15) is 19.8 Å². The molecule has 0 saturated heterocycles. The highest BCUT2D eigenvalue weighted by molar-refractivity contribution is 7.99. The SMILES string of the molecule is CNC(C)(CCCSc1cccc(F)c1)C(=O)OC. The zero-order valence-electron chi connectivity index (χ0n) is 11.5. The van der Waals surface area contributed by atoms with Crippen LogP contribution in [-0.2, 0) is 9.53 Å². The molecule has 3 nitrogen and oxygen atoms in total. The van der Waals surface area contributed by atoms with E-state index in [9.17, 15) is 9.18 Å². The summed E-state index contributed by atoms with van der Waals surface area (Å²) in [7, 11) is 3.13. The Morgan fingerprint density at radius 1 is 1.53 bits per heavy atom. The normalized spacial score (nSPS) is 13.9. The first-order chi connectivity index (χ1) is 9.01. The van der Waals surface area contributed by atoms with Gasteiger partial charge in [0.15, 0.2) is 0 Å². The van der Waals surface area contributed by atoms with Crippen molar-refractivity contribution in [2.75, 3.05) is 19.9 Å². The number of benzene rings is 1. The lowest BCUT2D eigenvalue weighted by Gasteiger charge is -2.25. The molecule has 1 aromatic rings. The molecule has 0 bridgehead atoms. The number of methoxy groups -OCH3 is 1. The van der Waals surface area contributed by atoms with Crippen LogP contribution in [0.4, 0.5) is 4.39 Å². The molecule has 1 N–H and O–H groups in total. The predicted octanol–water partition coefficient (Wildman–Crippen LogP) is 2.85. The van der Waals surface area contributed by atoms with Gasteiger partial charge in [0.2, 0.25) is 0 Å². The van der Waals surface area contributed by atoms with Crippen molar-refractivity contribution in [1.29, 1.82) is 0 Å². The topological polar surface area (TPSA) is 38.3 Å². The Morgan fingerprint density at radius 3 is 2.84 bits per heavy atom. The third-order valence-electron chi connectivity index (χ3n) is 3.07. The highest BCUT2D eigenvalue weighted by atomic mass is 32.2. The van der Waals surface area contributed by atoms with Crippen LogP contribution in [0.3, 0.4) is 0 Å². The van der Waals surface area contributed by atoms with Crippen molar-refractivity contribution in [3.05, 3.63) is 30.1 Å². The summed E-state index contributed by atoms with van der Waals surface area (Å²) in [6.07, 6.45) is 1.52. The summed E-state index contributed by atoms with van der Waals surface area (Å²) in [6.45, 7) is 1.83. The third kappa shape index (κ3) is 4.84. The van der Waals surface area contributed by atoms with Gasteiger partial charge in [0.1, 0.15) is 11.4 Å². The van der Waals surface area contributed by atoms with Gasteiger partial charge < -0.3 is 10.1 Å². The van der Waals surface area contributed by atoms with Gasteiger partial charge in [-0.3, -0.25) is 4.79 Å². The lowest BCUT2D eigenvalue weighted by molar-refractivity contribution is -0.148. The van der Waals surface area contributed by atoms with Crippen molar-refractivity contribution in [2.45, 2.75) is 30.2 Å². The molecule has 0 aliphatic heterocycles. The first kappa shape index (κ1) is 16.0. The molecule has 5 heteroatoms. The van der Waals surface area contributed by atoms with Crippen LogP contribution in [0.15, 0.2) is 29.2 Å². The maximum Gasteiger partial charge on any atom is 0.325 e. The van der Waals surface area contributed by atoms with Crippen LogP contribution in [-0.4, -0.2) is 31.4 Å². The van der Waals surface area contributed by atoms with E-state index in [2.05, 4.69) is 5.32 Å². The van der Waals surface area contributed by atoms with Crippen LogP contribution in [0.2, 0.25) is 0 Å². The first-order valence-electron chi connectivity index (χ1n) is 6.17. The fourth-order valence-electron chi connectivity index (χ4n) is 1.73. The second-order valence-electron chi connectivity index (χ2n) is 4.48. The number of hydrogen-bond donors (Lipinski definition) is 1. The Kier molecular flexibility index (Phi) is 6.31. The molecule has 0 amide bonds. The summed E-state index contributed by atoms with van der Waals surface area (Å²) in [5.74, 6) is 0.350. The average Bonchev–Trinajstić information content (AvgIpc) is 2.42. The Hall–Kier alpha value is -1.07. The van der Waals surface area contributed by atoms with Crippen molar-refractivity contribution in [3.63, 3.8) is 0 Å². The summed E-state index contributed by atoms with van der Waals surface area (Å²) < 4.78 is 17.8. The average molecular weight is 285 g/mol. The second-order valence-corrected chi connectivity index (χ2v) is 5.65. The number of nitrogens with one attached hydrogen (secondary N) is 1. The van der Waals surface area contributed by atoms with Crippen LogP contribution in [0.25, 0.3) is 0 Å². The van der Waals surface area contributed by atoms with Crippen LogP contribution in [0, 0.1) is 5.82 Å². The molecule has 106 valence electrons. The molecule has 1 aromatic carbocycles. The number of likely N-dealkylation sites (N-methyl/N-ethyl adjacent to an activating group) is 1. The number of carbonyl (C=O) groups excluding carboxylic acids is 1. The zero-order valence-corrected chi connectivity index (χ0v) is 12.3. The van der Waals surface area contributed by atoms with Crippen LogP contribution in [0.5, 0.6) is 0 Å². The van der Waals surface area contributed by atoms with Gasteiger partial charge in [0.05, 0.1) is 7.11 Å². The minimum atomic E-state index is -0.656. The summed E-state index contributed by atoms with van der Waals surface area (Å²) in [6, 6.07) is 6.52. The monoisotopic (exact) mass is 285 g/mol. The van der Waals surface area contributed by atoms with Crippen molar-refractivity contribution < 1.29 is 13.9 Å². The minimum Gasteiger partial charge on any atom is -0.468 e. The quantitative estimate of drug-likeness (QED) is 0.475. The van der Waals surface area contributed by atoms with E-state index in [0.717, 1.165) is 17.1 Å². The van der Waals surface area contributed by atoms with E-state index in [1.165, 1.54) is 19.2 Å². The van der Waals surface area contributed by atoms with Crippen molar-refractivity contribution in [1.82, 2.24) is 5.32 Å². The van der Waals surface area contributed by atoms with Gasteiger partial charge in [-0.25, -0.2) is 4.39 Å². The smallest absolute Gasteiger partial charge is 0.325 e. The summed E-state index contributed by atoms with van der Waals surface area (Å²) >= 11 is 1.59. The van der Waals surface area contributed by atoms with Crippen LogP contribution < -0.4 is 5.32 Å². The van der Waals surface area contributed by atoms with Crippen molar-refractivity contribution in [2.24, 2.45) is 0 Å². The van der Waals surface area contributed by atoms with Gasteiger partial charge in [-0.05, 0) is 50.8 Å². The predicted molar refractivity (Wildman–Crippen MR) is 75.8 cm³/mol. The van der Waals surface area contributed by atoms with Gasteiger partial charge in [0, 0.05) is 4.90 Å². The number of halogens is 1.